The van der Waals surface area contributed by atoms with Crippen LogP contribution >= 0.6 is 11.8 Å². The SMILES string of the molecule is Cc1ccc(S(=O)(=O)N2CCCCC2)cc1SC(/C=C/C=C1/N(CCCCCC(=O)O)c2ccc(S(=O)(=O)O)cc2C1(C)C)=N/CCCCS(=O)(=O)O. The quantitative estimate of drug-likeness (QED) is 0.0519. The first kappa shape index (κ1) is 42.7. The van der Waals surface area contributed by atoms with E-state index in [1.165, 1.54) is 28.2 Å². The number of nitrogens with zero attached hydrogens (tertiary/aromatic N) is 3. The Labute approximate surface area is 317 Å². The molecule has 2 aliphatic heterocycles. The van der Waals surface area contributed by atoms with Gasteiger partial charge in [-0.3, -0.25) is 18.9 Å². The van der Waals surface area contributed by atoms with Gasteiger partial charge in [-0.2, -0.15) is 21.1 Å². The number of fused-ring (bicyclic) bond motifs is 1. The molecule has 0 spiro atoms. The smallest absolute Gasteiger partial charge is 0.303 e. The summed E-state index contributed by atoms with van der Waals surface area (Å²) >= 11 is 1.28. The van der Waals surface area contributed by atoms with E-state index in [4.69, 9.17) is 14.7 Å². The van der Waals surface area contributed by atoms with E-state index in [0.717, 1.165) is 36.2 Å². The number of allylic oxidation sites excluding steroid dienone is 3. The highest BCUT2D eigenvalue weighted by molar-refractivity contribution is 8.14. The molecular formula is C36H49N3O10S4. The Morgan fingerprint density at radius 1 is 0.906 bits per heavy atom. The van der Waals surface area contributed by atoms with Gasteiger partial charge in [0, 0.05) is 54.3 Å². The molecule has 0 amide bonds. The number of sulfonamides is 1. The number of aryl methyl sites for hydroxylation is 1. The van der Waals surface area contributed by atoms with Crippen LogP contribution in [-0.2, 0) is 40.5 Å². The number of anilines is 1. The van der Waals surface area contributed by atoms with E-state index >= 15 is 0 Å². The molecule has 17 heteroatoms. The van der Waals surface area contributed by atoms with Crippen LogP contribution < -0.4 is 4.90 Å². The third-order valence-corrected chi connectivity index (χ3v) is 14.0. The van der Waals surface area contributed by atoms with Crippen molar-refractivity contribution in [1.29, 1.82) is 0 Å². The molecule has 0 saturated carbocycles. The van der Waals surface area contributed by atoms with E-state index in [-0.39, 0.29) is 34.9 Å². The fourth-order valence-corrected chi connectivity index (χ4v) is 10.1. The zero-order chi connectivity index (χ0) is 39.0. The largest absolute Gasteiger partial charge is 0.481 e. The average molecular weight is 812 g/mol. The normalized spacial score (nSPS) is 17.9. The van der Waals surface area contributed by atoms with Gasteiger partial charge in [0.05, 0.1) is 20.6 Å². The van der Waals surface area contributed by atoms with Gasteiger partial charge in [-0.25, -0.2) is 8.42 Å². The minimum atomic E-state index is -4.46. The van der Waals surface area contributed by atoms with Crippen LogP contribution in [0.5, 0.6) is 0 Å². The van der Waals surface area contributed by atoms with Crippen molar-refractivity contribution in [3.8, 4) is 0 Å². The maximum Gasteiger partial charge on any atom is 0.303 e. The number of rotatable bonds is 17. The fraction of sp³-hybridized carbons (Fsp3) is 0.500. The Morgan fingerprint density at radius 3 is 2.26 bits per heavy atom. The lowest BCUT2D eigenvalue weighted by atomic mass is 9.83. The van der Waals surface area contributed by atoms with Crippen molar-refractivity contribution in [1.82, 2.24) is 4.31 Å². The van der Waals surface area contributed by atoms with E-state index in [1.54, 1.807) is 36.4 Å². The number of thioether (sulfide) groups is 1. The van der Waals surface area contributed by atoms with Crippen molar-refractivity contribution in [2.75, 3.05) is 36.8 Å². The van der Waals surface area contributed by atoms with Crippen molar-refractivity contribution < 1.29 is 44.3 Å². The van der Waals surface area contributed by atoms with Crippen molar-refractivity contribution in [2.45, 2.75) is 98.7 Å². The summed E-state index contributed by atoms with van der Waals surface area (Å²) in [7, 11) is -12.3. The molecule has 4 rings (SSSR count). The molecule has 0 unspecified atom stereocenters. The molecule has 2 aliphatic rings. The van der Waals surface area contributed by atoms with Crippen LogP contribution in [0.4, 0.5) is 5.69 Å². The predicted octanol–water partition coefficient (Wildman–Crippen LogP) is 6.46. The van der Waals surface area contributed by atoms with E-state index < -0.39 is 41.6 Å². The maximum absolute atomic E-state index is 13.5. The lowest BCUT2D eigenvalue weighted by Crippen LogP contribution is -2.35. The standard InChI is InChI=1S/C36H49N3O10S4/c1-27-16-17-28(52(45,46)38-21-8-5-9-22-38)26-32(27)50-34(37-20-7-11-24-51(42,43)44)14-12-13-33-36(2,3)30-25-29(53(47,48)49)18-19-31(30)39(33)23-10-4-6-15-35(40)41/h12-14,16-19,25-26H,4-11,15,20-24H2,1-3H3,(H,40,41)(H,42,43,44)(H,47,48,49)/b14-12+,33-13+,37-34+. The number of benzene rings is 2. The second kappa shape index (κ2) is 18.0. The average Bonchev–Trinajstić information content (AvgIpc) is 3.29. The van der Waals surface area contributed by atoms with Crippen LogP contribution in [0.1, 0.15) is 82.8 Å². The molecule has 0 bridgehead atoms. The van der Waals surface area contributed by atoms with Crippen LogP contribution in [0, 0.1) is 6.92 Å². The molecule has 2 aromatic carbocycles. The van der Waals surface area contributed by atoms with Crippen molar-refractivity contribution in [3.05, 3.63) is 71.5 Å². The van der Waals surface area contributed by atoms with Gasteiger partial charge >= 0.3 is 5.97 Å². The zero-order valence-electron chi connectivity index (χ0n) is 30.3. The number of carboxylic acids is 1. The number of hydrogen-bond donors (Lipinski definition) is 3. The summed E-state index contributed by atoms with van der Waals surface area (Å²) in [6, 6.07) is 9.51. The van der Waals surface area contributed by atoms with Gasteiger partial charge < -0.3 is 10.0 Å². The molecule has 3 N–H and O–H groups in total. The summed E-state index contributed by atoms with van der Waals surface area (Å²) in [5.41, 5.74) is 2.44. The van der Waals surface area contributed by atoms with Crippen LogP contribution in [0.2, 0.25) is 0 Å². The van der Waals surface area contributed by atoms with E-state index in [0.29, 0.717) is 60.8 Å². The van der Waals surface area contributed by atoms with Gasteiger partial charge in [0.1, 0.15) is 0 Å². The van der Waals surface area contributed by atoms with Gasteiger partial charge in [0.15, 0.2) is 0 Å². The number of piperidine rings is 1. The Bertz CT molecular complexity index is 2070. The van der Waals surface area contributed by atoms with Gasteiger partial charge in [-0.1, -0.05) is 50.6 Å². The Hall–Kier alpha value is -3.06. The monoisotopic (exact) mass is 811 g/mol. The van der Waals surface area contributed by atoms with E-state index in [1.807, 2.05) is 26.8 Å². The summed E-state index contributed by atoms with van der Waals surface area (Å²) in [5, 5.41) is 9.59. The molecule has 1 fully saturated rings. The first-order valence-corrected chi connectivity index (χ1v) is 22.9. The molecule has 0 radical (unpaired) electrons. The van der Waals surface area contributed by atoms with Crippen molar-refractivity contribution in [2.24, 2.45) is 4.99 Å². The fourth-order valence-electron chi connectivity index (χ4n) is 6.42. The summed E-state index contributed by atoms with van der Waals surface area (Å²) in [4.78, 5) is 18.5. The second-order valence-corrected chi connectivity index (χ2v) is 19.7. The lowest BCUT2D eigenvalue weighted by molar-refractivity contribution is -0.137. The molecule has 53 heavy (non-hydrogen) atoms. The first-order chi connectivity index (χ1) is 24.8. The molecule has 2 aromatic rings. The molecule has 0 atom stereocenters. The van der Waals surface area contributed by atoms with Crippen LogP contribution in [-0.4, -0.2) is 86.7 Å². The number of hydrogen-bond acceptors (Lipinski definition) is 10. The molecule has 2 heterocycles. The van der Waals surface area contributed by atoms with Gasteiger partial charge in [-0.05, 0) is 99.1 Å². The number of unbranched alkanes of at least 4 members (excludes halogenated alkanes) is 3. The minimum absolute atomic E-state index is 0.0629. The third kappa shape index (κ3) is 11.7. The van der Waals surface area contributed by atoms with Crippen LogP contribution in [0.3, 0.4) is 0 Å². The number of aliphatic imine (C=N–C) groups is 1. The second-order valence-electron chi connectivity index (χ2n) is 13.8. The first-order valence-electron chi connectivity index (χ1n) is 17.6. The minimum Gasteiger partial charge on any atom is -0.481 e. The highest BCUT2D eigenvalue weighted by atomic mass is 32.2. The molecule has 0 aromatic heterocycles. The Kier molecular flexibility index (Phi) is 14.5. The van der Waals surface area contributed by atoms with Crippen LogP contribution in [0.25, 0.3) is 0 Å². The molecular weight excluding hydrogens is 763 g/mol. The molecule has 0 aliphatic carbocycles. The van der Waals surface area contributed by atoms with Gasteiger partial charge in [0.25, 0.3) is 20.2 Å². The Morgan fingerprint density at radius 2 is 1.60 bits per heavy atom. The summed E-state index contributed by atoms with van der Waals surface area (Å²) in [6.45, 7) is 7.50. The topological polar surface area (TPSA) is 199 Å². The summed E-state index contributed by atoms with van der Waals surface area (Å²) in [6.07, 6.45) is 10.6. The molecule has 292 valence electrons. The van der Waals surface area contributed by atoms with E-state index in [2.05, 4.69) is 4.90 Å². The van der Waals surface area contributed by atoms with Crippen molar-refractivity contribution in [3.63, 3.8) is 0 Å². The predicted molar refractivity (Wildman–Crippen MR) is 208 cm³/mol. The number of carboxylic acid groups (broad SMARTS) is 1. The van der Waals surface area contributed by atoms with Crippen LogP contribution in [0.15, 0.2) is 80.0 Å². The molecule has 1 saturated heterocycles. The molecule has 13 nitrogen and oxygen atoms in total. The Balaban J connectivity index is 1.67. The number of carbonyl (C=O) groups is 1. The van der Waals surface area contributed by atoms with E-state index in [9.17, 15) is 34.6 Å². The summed E-state index contributed by atoms with van der Waals surface area (Å²) in [5.74, 6) is -1.25. The van der Waals surface area contributed by atoms with Gasteiger partial charge in [0.2, 0.25) is 10.0 Å². The van der Waals surface area contributed by atoms with Gasteiger partial charge in [-0.15, -0.1) is 0 Å². The third-order valence-electron chi connectivity index (χ3n) is 9.33. The zero-order valence-corrected chi connectivity index (χ0v) is 33.5. The number of aliphatic carboxylic acids is 1. The highest BCUT2D eigenvalue weighted by Gasteiger charge is 2.40. The summed E-state index contributed by atoms with van der Waals surface area (Å²) < 4.78 is 94.0. The van der Waals surface area contributed by atoms with Crippen molar-refractivity contribution >= 4 is 58.7 Å². The lowest BCUT2D eigenvalue weighted by Gasteiger charge is -2.27. The highest BCUT2D eigenvalue weighted by Crippen LogP contribution is 2.48. The maximum atomic E-state index is 13.5.